The fourth-order valence-corrected chi connectivity index (χ4v) is 1.14. The zero-order chi connectivity index (χ0) is 9.52. The Balaban J connectivity index is 2.73. The Hall–Kier alpha value is -0.950. The monoisotopic (exact) mass is 196 g/mol. The summed E-state index contributed by atoms with van der Waals surface area (Å²) in [5.74, 6) is 1.44. The second kappa shape index (κ2) is 5.65. The number of halogens is 1. The minimum Gasteiger partial charge on any atom is -0.494 e. The average Bonchev–Trinajstić information content (AvgIpc) is 2.16. The van der Waals surface area contributed by atoms with Crippen LogP contribution < -0.4 is 4.74 Å². The third kappa shape index (κ3) is 3.51. The Kier molecular flexibility index (Phi) is 4.41. The zero-order valence-corrected chi connectivity index (χ0v) is 8.42. The van der Waals surface area contributed by atoms with Crippen LogP contribution >= 0.6 is 11.6 Å². The molecule has 13 heavy (non-hydrogen) atoms. The first kappa shape index (κ1) is 10.1. The minimum absolute atomic E-state index is 0.541. The molecule has 0 heterocycles. The highest BCUT2D eigenvalue weighted by molar-refractivity contribution is 6.19. The SMILES string of the molecule is CCOc1cccc(C=CCCl)c1. The normalized spacial score (nSPS) is 10.6. The highest BCUT2D eigenvalue weighted by Gasteiger charge is 1.91. The van der Waals surface area contributed by atoms with Gasteiger partial charge in [0.2, 0.25) is 0 Å². The van der Waals surface area contributed by atoms with Gasteiger partial charge in [-0.15, -0.1) is 11.6 Å². The summed E-state index contributed by atoms with van der Waals surface area (Å²) in [6, 6.07) is 7.93. The summed E-state index contributed by atoms with van der Waals surface area (Å²) in [7, 11) is 0. The van der Waals surface area contributed by atoms with Gasteiger partial charge in [-0.3, -0.25) is 0 Å². The fraction of sp³-hybridized carbons (Fsp3) is 0.273. The van der Waals surface area contributed by atoms with Gasteiger partial charge in [0.1, 0.15) is 5.75 Å². The molecule has 1 nitrogen and oxygen atoms in total. The number of alkyl halides is 1. The maximum absolute atomic E-state index is 5.53. The van der Waals surface area contributed by atoms with E-state index in [1.54, 1.807) is 0 Å². The van der Waals surface area contributed by atoms with Gasteiger partial charge < -0.3 is 4.74 Å². The molecule has 1 aromatic rings. The number of ether oxygens (including phenoxy) is 1. The van der Waals surface area contributed by atoms with Gasteiger partial charge in [-0.2, -0.15) is 0 Å². The summed E-state index contributed by atoms with van der Waals surface area (Å²) in [6.45, 7) is 2.67. The first-order valence-corrected chi connectivity index (χ1v) is 4.85. The van der Waals surface area contributed by atoms with Gasteiger partial charge in [0.25, 0.3) is 0 Å². The molecule has 0 spiro atoms. The maximum atomic E-state index is 5.53. The van der Waals surface area contributed by atoms with Gasteiger partial charge in [-0.25, -0.2) is 0 Å². The van der Waals surface area contributed by atoms with E-state index < -0.39 is 0 Å². The lowest BCUT2D eigenvalue weighted by Gasteiger charge is -2.02. The van der Waals surface area contributed by atoms with Crippen LogP contribution in [0.5, 0.6) is 5.75 Å². The predicted octanol–water partition coefficient (Wildman–Crippen LogP) is 3.34. The second-order valence-electron chi connectivity index (χ2n) is 2.56. The molecule has 70 valence electrons. The molecule has 0 N–H and O–H groups in total. The number of hydrogen-bond acceptors (Lipinski definition) is 1. The Morgan fingerprint density at radius 2 is 2.31 bits per heavy atom. The molecule has 0 saturated carbocycles. The molecular weight excluding hydrogens is 184 g/mol. The molecule has 0 aliphatic heterocycles. The molecule has 0 aromatic heterocycles. The lowest BCUT2D eigenvalue weighted by molar-refractivity contribution is 0.340. The van der Waals surface area contributed by atoms with Gasteiger partial charge in [-0.1, -0.05) is 24.3 Å². The third-order valence-electron chi connectivity index (χ3n) is 1.57. The molecule has 1 aromatic carbocycles. The van der Waals surface area contributed by atoms with E-state index in [9.17, 15) is 0 Å². The smallest absolute Gasteiger partial charge is 0.119 e. The van der Waals surface area contributed by atoms with Gasteiger partial charge in [0.05, 0.1) is 6.61 Å². The fourth-order valence-electron chi connectivity index (χ4n) is 1.06. The first-order valence-electron chi connectivity index (χ1n) is 4.32. The van der Waals surface area contributed by atoms with Crippen molar-refractivity contribution in [3.63, 3.8) is 0 Å². The van der Waals surface area contributed by atoms with Crippen molar-refractivity contribution in [2.45, 2.75) is 6.92 Å². The highest BCUT2D eigenvalue weighted by Crippen LogP contribution is 2.14. The van der Waals surface area contributed by atoms with E-state index in [-0.39, 0.29) is 0 Å². The van der Waals surface area contributed by atoms with Crippen molar-refractivity contribution >= 4 is 17.7 Å². The van der Waals surface area contributed by atoms with E-state index in [0.29, 0.717) is 12.5 Å². The van der Waals surface area contributed by atoms with E-state index in [0.717, 1.165) is 11.3 Å². The van der Waals surface area contributed by atoms with Crippen LogP contribution in [0.15, 0.2) is 30.3 Å². The van der Waals surface area contributed by atoms with Crippen LogP contribution in [-0.4, -0.2) is 12.5 Å². The lowest BCUT2D eigenvalue weighted by atomic mass is 10.2. The molecule has 0 atom stereocenters. The number of benzene rings is 1. The number of allylic oxidation sites excluding steroid dienone is 1. The van der Waals surface area contributed by atoms with Crippen LogP contribution in [-0.2, 0) is 0 Å². The van der Waals surface area contributed by atoms with Crippen LogP contribution in [0.3, 0.4) is 0 Å². The van der Waals surface area contributed by atoms with Crippen molar-refractivity contribution in [2.24, 2.45) is 0 Å². The molecule has 0 aliphatic carbocycles. The first-order chi connectivity index (χ1) is 6.36. The van der Waals surface area contributed by atoms with Crippen molar-refractivity contribution in [1.82, 2.24) is 0 Å². The van der Waals surface area contributed by atoms with Crippen LogP contribution in [0, 0.1) is 0 Å². The summed E-state index contributed by atoms with van der Waals surface area (Å²) in [5.41, 5.74) is 1.12. The molecule has 0 unspecified atom stereocenters. The average molecular weight is 197 g/mol. The summed E-state index contributed by atoms with van der Waals surface area (Å²) in [6.07, 6.45) is 3.89. The van der Waals surface area contributed by atoms with Gasteiger partial charge in [0.15, 0.2) is 0 Å². The maximum Gasteiger partial charge on any atom is 0.119 e. The van der Waals surface area contributed by atoms with E-state index in [1.165, 1.54) is 0 Å². The second-order valence-corrected chi connectivity index (χ2v) is 2.87. The molecule has 2 heteroatoms. The summed E-state index contributed by atoms with van der Waals surface area (Å²) in [5, 5.41) is 0. The zero-order valence-electron chi connectivity index (χ0n) is 7.66. The van der Waals surface area contributed by atoms with Crippen molar-refractivity contribution in [1.29, 1.82) is 0 Å². The molecule has 0 aliphatic rings. The molecule has 0 saturated heterocycles. The van der Waals surface area contributed by atoms with E-state index in [4.69, 9.17) is 16.3 Å². The molecular formula is C11H13ClO. The quantitative estimate of drug-likeness (QED) is 0.672. The third-order valence-corrected chi connectivity index (χ3v) is 1.75. The molecule has 0 fully saturated rings. The number of rotatable bonds is 4. The Morgan fingerprint density at radius 1 is 1.46 bits per heavy atom. The Labute approximate surface area is 84.0 Å². The van der Waals surface area contributed by atoms with Crippen molar-refractivity contribution < 1.29 is 4.74 Å². The predicted molar refractivity (Wildman–Crippen MR) is 57.4 cm³/mol. The Morgan fingerprint density at radius 3 is 3.00 bits per heavy atom. The lowest BCUT2D eigenvalue weighted by Crippen LogP contribution is -1.90. The van der Waals surface area contributed by atoms with E-state index in [1.807, 2.05) is 43.3 Å². The Bertz CT molecular complexity index is 281. The van der Waals surface area contributed by atoms with E-state index in [2.05, 4.69) is 0 Å². The highest BCUT2D eigenvalue weighted by atomic mass is 35.5. The van der Waals surface area contributed by atoms with Crippen LogP contribution in [0.1, 0.15) is 12.5 Å². The van der Waals surface area contributed by atoms with Crippen LogP contribution in [0.2, 0.25) is 0 Å². The molecule has 0 amide bonds. The van der Waals surface area contributed by atoms with Crippen molar-refractivity contribution in [3.05, 3.63) is 35.9 Å². The van der Waals surface area contributed by atoms with Gasteiger partial charge in [0, 0.05) is 5.88 Å². The van der Waals surface area contributed by atoms with E-state index >= 15 is 0 Å². The molecule has 0 bridgehead atoms. The molecule has 0 radical (unpaired) electrons. The topological polar surface area (TPSA) is 9.23 Å². The van der Waals surface area contributed by atoms with Crippen molar-refractivity contribution in [2.75, 3.05) is 12.5 Å². The van der Waals surface area contributed by atoms with Crippen LogP contribution in [0.25, 0.3) is 6.08 Å². The summed E-state index contributed by atoms with van der Waals surface area (Å²) >= 11 is 5.53. The largest absolute Gasteiger partial charge is 0.494 e. The van der Waals surface area contributed by atoms with Crippen LogP contribution in [0.4, 0.5) is 0 Å². The van der Waals surface area contributed by atoms with Gasteiger partial charge in [-0.05, 0) is 24.6 Å². The molecule has 1 rings (SSSR count). The minimum atomic E-state index is 0.541. The van der Waals surface area contributed by atoms with Crippen molar-refractivity contribution in [3.8, 4) is 5.75 Å². The number of hydrogen-bond donors (Lipinski definition) is 0. The summed E-state index contributed by atoms with van der Waals surface area (Å²) in [4.78, 5) is 0. The standard InChI is InChI=1S/C11H13ClO/c1-2-13-11-7-3-5-10(9-11)6-4-8-12/h3-7,9H,2,8H2,1H3. The van der Waals surface area contributed by atoms with Gasteiger partial charge >= 0.3 is 0 Å². The summed E-state index contributed by atoms with van der Waals surface area (Å²) < 4.78 is 5.36.